The summed E-state index contributed by atoms with van der Waals surface area (Å²) in [5.74, 6) is -3.46. The number of nitrogens with zero attached hydrogens (tertiary/aromatic N) is 3. The van der Waals surface area contributed by atoms with Gasteiger partial charge in [-0.15, -0.1) is 0 Å². The van der Waals surface area contributed by atoms with Gasteiger partial charge in [0.25, 0.3) is 5.91 Å². The number of primary amides is 1. The second kappa shape index (κ2) is 10.9. The standard InChI is InChI=1S/C22H32FN5O6S/c1-14(2)26-8-10-27(11-9-26)22(31)19(21(24)30)25-35(32,33)17-13-15(23)12-16(20(17)34-3)28-7-5-4-6-18(28)29/h12-14,19,25H,4-11H2,1-3H3,(H2,24,30)/t19-/m0/s1. The Morgan fingerprint density at radius 3 is 2.31 bits per heavy atom. The van der Waals surface area contributed by atoms with Gasteiger partial charge < -0.3 is 20.3 Å². The Hall–Kier alpha value is -2.77. The summed E-state index contributed by atoms with van der Waals surface area (Å²) in [6, 6.07) is 0.118. The number of piperazine rings is 1. The molecule has 13 heteroatoms. The van der Waals surface area contributed by atoms with E-state index in [2.05, 4.69) is 4.90 Å². The van der Waals surface area contributed by atoms with Crippen molar-refractivity contribution >= 4 is 33.4 Å². The number of piperidine rings is 1. The maximum atomic E-state index is 14.5. The van der Waals surface area contributed by atoms with Crippen LogP contribution in [0.15, 0.2) is 17.0 Å². The van der Waals surface area contributed by atoms with E-state index in [0.29, 0.717) is 45.1 Å². The Balaban J connectivity index is 1.91. The summed E-state index contributed by atoms with van der Waals surface area (Å²) in [4.78, 5) is 41.7. The zero-order valence-electron chi connectivity index (χ0n) is 20.1. The van der Waals surface area contributed by atoms with Crippen molar-refractivity contribution in [1.29, 1.82) is 0 Å². The first kappa shape index (κ1) is 26.8. The number of rotatable bonds is 8. The average molecular weight is 514 g/mol. The molecule has 2 aliphatic heterocycles. The number of nitrogens with two attached hydrogens (primary N) is 1. The first-order valence-electron chi connectivity index (χ1n) is 11.5. The van der Waals surface area contributed by atoms with Crippen molar-refractivity contribution in [1.82, 2.24) is 14.5 Å². The Morgan fingerprint density at radius 1 is 1.11 bits per heavy atom. The molecule has 0 aliphatic carbocycles. The third-order valence-corrected chi connectivity index (χ3v) is 7.70. The molecule has 0 unspecified atom stereocenters. The highest BCUT2D eigenvalue weighted by Crippen LogP contribution is 2.37. The quantitative estimate of drug-likeness (QED) is 0.467. The Bertz CT molecular complexity index is 1090. The van der Waals surface area contributed by atoms with E-state index in [9.17, 15) is 27.2 Å². The van der Waals surface area contributed by atoms with Gasteiger partial charge in [-0.1, -0.05) is 0 Å². The Morgan fingerprint density at radius 2 is 1.77 bits per heavy atom. The van der Waals surface area contributed by atoms with Crippen molar-refractivity contribution in [3.05, 3.63) is 17.9 Å². The first-order chi connectivity index (χ1) is 16.5. The third-order valence-electron chi connectivity index (χ3n) is 6.27. The molecule has 0 saturated carbocycles. The molecule has 11 nitrogen and oxygen atoms in total. The van der Waals surface area contributed by atoms with Crippen LogP contribution >= 0.6 is 0 Å². The number of halogens is 1. The minimum atomic E-state index is -4.67. The lowest BCUT2D eigenvalue weighted by molar-refractivity contribution is -0.139. The molecule has 2 fully saturated rings. The normalized spacial score (nSPS) is 18.6. The fraction of sp³-hybridized carbons (Fsp3) is 0.591. The number of methoxy groups -OCH3 is 1. The number of hydrogen-bond acceptors (Lipinski definition) is 7. The SMILES string of the molecule is COc1c(N2CCCCC2=O)cc(F)cc1S(=O)(=O)N[C@@H](C(N)=O)C(=O)N1CCN(C(C)C)CC1. The van der Waals surface area contributed by atoms with Crippen molar-refractivity contribution < 1.29 is 31.9 Å². The van der Waals surface area contributed by atoms with Crippen LogP contribution in [0.25, 0.3) is 0 Å². The molecule has 194 valence electrons. The van der Waals surface area contributed by atoms with E-state index < -0.39 is 38.6 Å². The smallest absolute Gasteiger partial charge is 0.250 e. The lowest BCUT2D eigenvalue weighted by Crippen LogP contribution is -2.59. The highest BCUT2D eigenvalue weighted by Gasteiger charge is 2.37. The zero-order chi connectivity index (χ0) is 25.9. The first-order valence-corrected chi connectivity index (χ1v) is 13.0. The number of amides is 3. The van der Waals surface area contributed by atoms with Gasteiger partial charge in [0.05, 0.1) is 12.8 Å². The van der Waals surface area contributed by atoms with Crippen LogP contribution in [-0.2, 0) is 24.4 Å². The van der Waals surface area contributed by atoms with Gasteiger partial charge in [-0.2, -0.15) is 4.72 Å². The number of hydrogen-bond donors (Lipinski definition) is 2. The molecule has 0 radical (unpaired) electrons. The monoisotopic (exact) mass is 513 g/mol. The largest absolute Gasteiger partial charge is 0.493 e. The molecule has 1 aromatic carbocycles. The number of benzene rings is 1. The summed E-state index contributed by atoms with van der Waals surface area (Å²) < 4.78 is 48.4. The summed E-state index contributed by atoms with van der Waals surface area (Å²) in [6.45, 7) is 6.04. The van der Waals surface area contributed by atoms with Gasteiger partial charge in [0.15, 0.2) is 11.8 Å². The molecule has 2 aliphatic rings. The van der Waals surface area contributed by atoms with Crippen LogP contribution in [0.1, 0.15) is 33.1 Å². The van der Waals surface area contributed by atoms with E-state index in [1.165, 1.54) is 16.9 Å². The van der Waals surface area contributed by atoms with Gasteiger partial charge in [0, 0.05) is 51.3 Å². The molecule has 2 saturated heterocycles. The number of anilines is 1. The van der Waals surface area contributed by atoms with Gasteiger partial charge in [0.1, 0.15) is 10.7 Å². The molecule has 3 amide bonds. The van der Waals surface area contributed by atoms with Crippen LogP contribution in [0.5, 0.6) is 5.75 Å². The van der Waals surface area contributed by atoms with Crippen molar-refractivity contribution in [3.8, 4) is 5.75 Å². The van der Waals surface area contributed by atoms with E-state index in [1.54, 1.807) is 0 Å². The maximum absolute atomic E-state index is 14.5. The number of ether oxygens (including phenoxy) is 1. The van der Waals surface area contributed by atoms with Crippen molar-refractivity contribution in [2.24, 2.45) is 5.73 Å². The van der Waals surface area contributed by atoms with E-state index in [0.717, 1.165) is 6.07 Å². The van der Waals surface area contributed by atoms with Crippen LogP contribution in [0.3, 0.4) is 0 Å². The Kier molecular flexibility index (Phi) is 8.34. The van der Waals surface area contributed by atoms with E-state index in [4.69, 9.17) is 10.5 Å². The summed E-state index contributed by atoms with van der Waals surface area (Å²) >= 11 is 0. The molecule has 2 heterocycles. The Labute approximate surface area is 204 Å². The van der Waals surface area contributed by atoms with Crippen molar-refractivity contribution in [2.75, 3.05) is 44.7 Å². The van der Waals surface area contributed by atoms with Crippen molar-refractivity contribution in [3.63, 3.8) is 0 Å². The molecule has 35 heavy (non-hydrogen) atoms. The van der Waals surface area contributed by atoms with Gasteiger partial charge in [-0.3, -0.25) is 19.3 Å². The molecule has 1 atom stereocenters. The summed E-state index contributed by atoms with van der Waals surface area (Å²) in [5, 5.41) is 0. The molecule has 0 aromatic heterocycles. The molecule has 3 rings (SSSR count). The number of carbonyl (C=O) groups excluding carboxylic acids is 3. The minimum absolute atomic E-state index is 0.0377. The van der Waals surface area contributed by atoms with Crippen LogP contribution in [0.2, 0.25) is 0 Å². The van der Waals surface area contributed by atoms with Gasteiger partial charge in [0.2, 0.25) is 21.8 Å². The van der Waals surface area contributed by atoms with E-state index >= 15 is 0 Å². The lowest BCUT2D eigenvalue weighted by atomic mass is 10.1. The molecular formula is C22H32FN5O6S. The second-order valence-corrected chi connectivity index (χ2v) is 10.6. The summed E-state index contributed by atoms with van der Waals surface area (Å²) in [5.41, 5.74) is 5.35. The second-order valence-electron chi connectivity index (χ2n) is 8.87. The highest BCUT2D eigenvalue weighted by molar-refractivity contribution is 7.89. The fourth-order valence-corrected chi connectivity index (χ4v) is 5.66. The van der Waals surface area contributed by atoms with Gasteiger partial charge in [-0.25, -0.2) is 12.8 Å². The highest BCUT2D eigenvalue weighted by atomic mass is 32.2. The molecular weight excluding hydrogens is 481 g/mol. The van der Waals surface area contributed by atoms with Crippen LogP contribution in [-0.4, -0.2) is 87.9 Å². The van der Waals surface area contributed by atoms with Crippen LogP contribution in [0, 0.1) is 5.82 Å². The topological polar surface area (TPSA) is 142 Å². The van der Waals surface area contributed by atoms with Gasteiger partial charge in [-0.05, 0) is 32.8 Å². The number of sulfonamides is 1. The van der Waals surface area contributed by atoms with E-state index in [1.807, 2.05) is 18.6 Å². The van der Waals surface area contributed by atoms with Gasteiger partial charge >= 0.3 is 0 Å². The maximum Gasteiger partial charge on any atom is 0.250 e. The average Bonchev–Trinajstić information content (AvgIpc) is 2.81. The molecule has 3 N–H and O–H groups in total. The minimum Gasteiger partial charge on any atom is -0.493 e. The van der Waals surface area contributed by atoms with Crippen LogP contribution < -0.4 is 20.1 Å². The molecule has 1 aromatic rings. The summed E-state index contributed by atoms with van der Waals surface area (Å²) in [6.07, 6.45) is 1.57. The number of carbonyl (C=O) groups is 3. The lowest BCUT2D eigenvalue weighted by Gasteiger charge is -2.37. The van der Waals surface area contributed by atoms with Crippen molar-refractivity contribution in [2.45, 2.75) is 50.1 Å². The zero-order valence-corrected chi connectivity index (χ0v) is 20.9. The predicted octanol–water partition coefficient (Wildman–Crippen LogP) is 0.0360. The summed E-state index contributed by atoms with van der Waals surface area (Å²) in [7, 11) is -3.48. The third kappa shape index (κ3) is 5.90. The predicted molar refractivity (Wildman–Crippen MR) is 126 cm³/mol. The van der Waals surface area contributed by atoms with E-state index in [-0.39, 0.29) is 36.4 Å². The number of nitrogens with one attached hydrogen (secondary N) is 1. The fourth-order valence-electron chi connectivity index (χ4n) is 4.31. The van der Waals surface area contributed by atoms with Crippen LogP contribution in [0.4, 0.5) is 10.1 Å². The molecule has 0 spiro atoms. The molecule has 0 bridgehead atoms.